The van der Waals surface area contributed by atoms with Crippen LogP contribution < -0.4 is 5.32 Å². The Morgan fingerprint density at radius 2 is 2.53 bits per heavy atom. The lowest BCUT2D eigenvalue weighted by atomic mass is 10.3. The summed E-state index contributed by atoms with van der Waals surface area (Å²) < 4.78 is 1.77. The van der Waals surface area contributed by atoms with Gasteiger partial charge in [0.1, 0.15) is 0 Å². The van der Waals surface area contributed by atoms with E-state index in [-0.39, 0.29) is 5.91 Å². The predicted molar refractivity (Wildman–Crippen MR) is 59.9 cm³/mol. The molecule has 0 aliphatic heterocycles. The van der Waals surface area contributed by atoms with Crippen LogP contribution in [0, 0.1) is 0 Å². The zero-order chi connectivity index (χ0) is 10.7. The van der Waals surface area contributed by atoms with Gasteiger partial charge in [-0.3, -0.25) is 10.1 Å². The minimum absolute atomic E-state index is 0.0354. The fraction of sp³-hybridized carbons (Fsp3) is 0.200. The molecule has 0 saturated heterocycles. The zero-order valence-corrected chi connectivity index (χ0v) is 9.12. The van der Waals surface area contributed by atoms with Crippen LogP contribution >= 0.6 is 11.3 Å². The molecule has 2 aromatic rings. The molecule has 15 heavy (non-hydrogen) atoms. The molecule has 1 N–H and O–H groups in total. The van der Waals surface area contributed by atoms with Crippen LogP contribution in [0.2, 0.25) is 0 Å². The van der Waals surface area contributed by atoms with Crippen LogP contribution in [0.25, 0.3) is 0 Å². The van der Waals surface area contributed by atoms with Crippen molar-refractivity contribution in [3.05, 3.63) is 34.8 Å². The number of carbonyl (C=O) groups is 1. The smallest absolute Gasteiger partial charge is 0.231 e. The Morgan fingerprint density at radius 3 is 3.13 bits per heavy atom. The van der Waals surface area contributed by atoms with E-state index in [1.165, 1.54) is 0 Å². The minimum Gasteiger partial charge on any atom is -0.320 e. The van der Waals surface area contributed by atoms with Crippen molar-refractivity contribution >= 4 is 23.2 Å². The number of imidazole rings is 1. The summed E-state index contributed by atoms with van der Waals surface area (Å²) in [5, 5.41) is 4.71. The number of nitrogens with zero attached hydrogens (tertiary/aromatic N) is 2. The number of anilines is 1. The normalized spacial score (nSPS) is 10.2. The second kappa shape index (κ2) is 4.27. The van der Waals surface area contributed by atoms with Crippen molar-refractivity contribution in [1.29, 1.82) is 0 Å². The first-order valence-electron chi connectivity index (χ1n) is 4.55. The van der Waals surface area contributed by atoms with Crippen molar-refractivity contribution < 1.29 is 4.79 Å². The lowest BCUT2D eigenvalue weighted by molar-refractivity contribution is -0.115. The third-order valence-corrected chi connectivity index (χ3v) is 2.86. The van der Waals surface area contributed by atoms with Crippen LogP contribution in [0.3, 0.4) is 0 Å². The van der Waals surface area contributed by atoms with E-state index in [0.717, 1.165) is 4.88 Å². The van der Waals surface area contributed by atoms with E-state index in [1.54, 1.807) is 28.3 Å². The third kappa shape index (κ3) is 2.44. The van der Waals surface area contributed by atoms with Crippen molar-refractivity contribution in [3.63, 3.8) is 0 Å². The van der Waals surface area contributed by atoms with E-state index < -0.39 is 0 Å². The maximum Gasteiger partial charge on any atom is 0.231 e. The van der Waals surface area contributed by atoms with Gasteiger partial charge in [-0.1, -0.05) is 6.07 Å². The number of nitrogens with one attached hydrogen (secondary N) is 1. The summed E-state index contributed by atoms with van der Waals surface area (Å²) in [6.07, 6.45) is 3.85. The molecule has 0 aromatic carbocycles. The summed E-state index contributed by atoms with van der Waals surface area (Å²) >= 11 is 1.58. The van der Waals surface area contributed by atoms with Crippen molar-refractivity contribution in [1.82, 2.24) is 9.55 Å². The molecule has 2 heterocycles. The van der Waals surface area contributed by atoms with Gasteiger partial charge < -0.3 is 4.57 Å². The summed E-state index contributed by atoms with van der Waals surface area (Å²) in [7, 11) is 1.84. The Hall–Kier alpha value is -1.62. The molecule has 0 bridgehead atoms. The molecule has 0 saturated carbocycles. The van der Waals surface area contributed by atoms with Gasteiger partial charge in [-0.15, -0.1) is 11.3 Å². The van der Waals surface area contributed by atoms with Crippen LogP contribution in [-0.2, 0) is 18.3 Å². The molecule has 0 aliphatic rings. The van der Waals surface area contributed by atoms with E-state index in [9.17, 15) is 4.79 Å². The van der Waals surface area contributed by atoms with Crippen LogP contribution in [0.4, 0.5) is 5.95 Å². The molecule has 78 valence electrons. The molecule has 0 fully saturated rings. The summed E-state index contributed by atoms with van der Waals surface area (Å²) in [5.74, 6) is 0.545. The van der Waals surface area contributed by atoms with Crippen molar-refractivity contribution in [2.24, 2.45) is 7.05 Å². The van der Waals surface area contributed by atoms with E-state index in [0.29, 0.717) is 12.4 Å². The minimum atomic E-state index is -0.0354. The standard InChI is InChI=1S/C10H11N3OS/c1-13-5-4-11-10(13)12-9(14)7-8-3-2-6-15-8/h2-6H,7H2,1H3,(H,11,12,14). The molecule has 1 amide bonds. The fourth-order valence-corrected chi connectivity index (χ4v) is 1.93. The molecule has 0 unspecified atom stereocenters. The molecule has 4 nitrogen and oxygen atoms in total. The van der Waals surface area contributed by atoms with E-state index in [2.05, 4.69) is 10.3 Å². The van der Waals surface area contributed by atoms with Gasteiger partial charge >= 0.3 is 0 Å². The lowest BCUT2D eigenvalue weighted by Crippen LogP contribution is -2.16. The Balaban J connectivity index is 1.96. The second-order valence-electron chi connectivity index (χ2n) is 3.17. The monoisotopic (exact) mass is 221 g/mol. The number of amides is 1. The highest BCUT2D eigenvalue weighted by molar-refractivity contribution is 7.10. The average molecular weight is 221 g/mol. The first-order valence-corrected chi connectivity index (χ1v) is 5.43. The molecule has 2 rings (SSSR count). The molecular formula is C10H11N3OS. The number of aromatic nitrogens is 2. The number of carbonyl (C=O) groups excluding carboxylic acids is 1. The largest absolute Gasteiger partial charge is 0.320 e. The first-order chi connectivity index (χ1) is 7.25. The quantitative estimate of drug-likeness (QED) is 0.856. The Morgan fingerprint density at radius 1 is 1.67 bits per heavy atom. The lowest BCUT2D eigenvalue weighted by Gasteiger charge is -2.03. The molecule has 0 aliphatic carbocycles. The van der Waals surface area contributed by atoms with Gasteiger partial charge in [-0.05, 0) is 11.4 Å². The van der Waals surface area contributed by atoms with Gasteiger partial charge in [0.2, 0.25) is 11.9 Å². The Kier molecular flexibility index (Phi) is 2.82. The molecule has 0 spiro atoms. The molecule has 5 heteroatoms. The molecular weight excluding hydrogens is 210 g/mol. The van der Waals surface area contributed by atoms with Crippen LogP contribution in [0.1, 0.15) is 4.88 Å². The second-order valence-corrected chi connectivity index (χ2v) is 4.20. The van der Waals surface area contributed by atoms with Gasteiger partial charge in [-0.25, -0.2) is 4.98 Å². The third-order valence-electron chi connectivity index (χ3n) is 1.99. The molecule has 0 radical (unpaired) electrons. The van der Waals surface area contributed by atoms with Gasteiger partial charge in [-0.2, -0.15) is 0 Å². The zero-order valence-electron chi connectivity index (χ0n) is 8.30. The predicted octanol–water partition coefficient (Wildman–Crippen LogP) is 1.66. The topological polar surface area (TPSA) is 46.9 Å². The molecule has 2 aromatic heterocycles. The van der Waals surface area contributed by atoms with Crippen molar-refractivity contribution in [3.8, 4) is 0 Å². The maximum atomic E-state index is 11.6. The first kappa shape index (κ1) is 9.92. The van der Waals surface area contributed by atoms with Crippen LogP contribution in [-0.4, -0.2) is 15.5 Å². The maximum absolute atomic E-state index is 11.6. The van der Waals surface area contributed by atoms with E-state index >= 15 is 0 Å². The number of hydrogen-bond donors (Lipinski definition) is 1. The van der Waals surface area contributed by atoms with Crippen LogP contribution in [0.15, 0.2) is 29.9 Å². The Labute approximate surface area is 91.6 Å². The highest BCUT2D eigenvalue weighted by atomic mass is 32.1. The summed E-state index contributed by atoms with van der Waals surface area (Å²) in [6, 6.07) is 3.89. The summed E-state index contributed by atoms with van der Waals surface area (Å²) in [5.41, 5.74) is 0. The number of hydrogen-bond acceptors (Lipinski definition) is 3. The summed E-state index contributed by atoms with van der Waals surface area (Å²) in [4.78, 5) is 16.6. The number of aryl methyl sites for hydroxylation is 1. The van der Waals surface area contributed by atoms with Gasteiger partial charge in [0.15, 0.2) is 0 Å². The van der Waals surface area contributed by atoms with E-state index in [4.69, 9.17) is 0 Å². The van der Waals surface area contributed by atoms with E-state index in [1.807, 2.05) is 24.6 Å². The number of thiophene rings is 1. The van der Waals surface area contributed by atoms with Gasteiger partial charge in [0.25, 0.3) is 0 Å². The van der Waals surface area contributed by atoms with Gasteiger partial charge in [0, 0.05) is 24.3 Å². The summed E-state index contributed by atoms with van der Waals surface area (Å²) in [6.45, 7) is 0. The number of rotatable bonds is 3. The SMILES string of the molecule is Cn1ccnc1NC(=O)Cc1cccs1. The van der Waals surface area contributed by atoms with Gasteiger partial charge in [0.05, 0.1) is 6.42 Å². The fourth-order valence-electron chi connectivity index (χ4n) is 1.23. The van der Waals surface area contributed by atoms with Crippen molar-refractivity contribution in [2.45, 2.75) is 6.42 Å². The van der Waals surface area contributed by atoms with Crippen LogP contribution in [0.5, 0.6) is 0 Å². The highest BCUT2D eigenvalue weighted by Crippen LogP contribution is 2.10. The average Bonchev–Trinajstić information content (AvgIpc) is 2.79. The highest BCUT2D eigenvalue weighted by Gasteiger charge is 2.06. The Bertz CT molecular complexity index is 447. The van der Waals surface area contributed by atoms with Crippen molar-refractivity contribution in [2.75, 3.05) is 5.32 Å². The molecule has 0 atom stereocenters.